The minimum atomic E-state index is -3.44. The average molecular weight is 246 g/mol. The molecule has 0 saturated heterocycles. The van der Waals surface area contributed by atoms with Crippen molar-refractivity contribution in [2.24, 2.45) is 5.73 Å². The number of rotatable bonds is 6. The van der Waals surface area contributed by atoms with Gasteiger partial charge in [0.1, 0.15) is 5.82 Å². The van der Waals surface area contributed by atoms with Crippen LogP contribution >= 0.6 is 0 Å². The molecule has 0 spiro atoms. The topological polar surface area (TPSA) is 92.1 Å². The standard InChI is InChI=1S/C9H18N4O2S/c1-3-13(6-4-5-10)16(14,15)9-7-11-8(2)12-9/h7H,3-6,10H2,1-2H3,(H,11,12). The quantitative estimate of drug-likeness (QED) is 0.743. The van der Waals surface area contributed by atoms with Gasteiger partial charge in [-0.3, -0.25) is 0 Å². The molecule has 0 amide bonds. The first-order chi connectivity index (χ1) is 7.52. The van der Waals surface area contributed by atoms with Crippen LogP contribution in [0.15, 0.2) is 11.2 Å². The van der Waals surface area contributed by atoms with Crippen LogP contribution in [-0.2, 0) is 10.0 Å². The average Bonchev–Trinajstić information content (AvgIpc) is 2.66. The Morgan fingerprint density at radius 2 is 2.25 bits per heavy atom. The van der Waals surface area contributed by atoms with Crippen molar-refractivity contribution in [3.8, 4) is 0 Å². The number of nitrogens with zero attached hydrogens (tertiary/aromatic N) is 2. The maximum Gasteiger partial charge on any atom is 0.260 e. The number of H-pyrrole nitrogens is 1. The first-order valence-electron chi connectivity index (χ1n) is 5.24. The largest absolute Gasteiger partial charge is 0.332 e. The molecule has 7 heteroatoms. The third kappa shape index (κ3) is 2.81. The van der Waals surface area contributed by atoms with Crippen LogP contribution in [0.5, 0.6) is 0 Å². The SMILES string of the molecule is CCN(CCCN)S(=O)(=O)c1cnc(C)[nH]1. The van der Waals surface area contributed by atoms with Crippen molar-refractivity contribution in [1.29, 1.82) is 0 Å². The molecule has 3 N–H and O–H groups in total. The van der Waals surface area contributed by atoms with Crippen LogP contribution in [0, 0.1) is 6.92 Å². The van der Waals surface area contributed by atoms with Crippen molar-refractivity contribution in [1.82, 2.24) is 14.3 Å². The number of aromatic amines is 1. The monoisotopic (exact) mass is 246 g/mol. The molecule has 92 valence electrons. The number of hydrogen-bond acceptors (Lipinski definition) is 4. The molecule has 0 aromatic carbocycles. The zero-order chi connectivity index (χ0) is 12.2. The lowest BCUT2D eigenvalue weighted by atomic mass is 10.4. The molecule has 1 aromatic heterocycles. The fraction of sp³-hybridized carbons (Fsp3) is 0.667. The van der Waals surface area contributed by atoms with Gasteiger partial charge < -0.3 is 10.7 Å². The first kappa shape index (κ1) is 13.1. The van der Waals surface area contributed by atoms with Gasteiger partial charge in [0, 0.05) is 13.1 Å². The Hall–Kier alpha value is -0.920. The Bertz CT molecular complexity index is 426. The molecule has 0 fully saturated rings. The predicted octanol–water partition coefficient (Wildman–Crippen LogP) is 0.0775. The molecule has 1 rings (SSSR count). The fourth-order valence-corrected chi connectivity index (χ4v) is 2.83. The van der Waals surface area contributed by atoms with Crippen LogP contribution in [0.3, 0.4) is 0 Å². The lowest BCUT2D eigenvalue weighted by Gasteiger charge is -2.18. The molecule has 0 saturated carbocycles. The molecule has 1 heterocycles. The third-order valence-electron chi connectivity index (χ3n) is 2.26. The summed E-state index contributed by atoms with van der Waals surface area (Å²) in [6, 6.07) is 0. The maximum atomic E-state index is 12.1. The van der Waals surface area contributed by atoms with Gasteiger partial charge in [0.25, 0.3) is 10.0 Å². The summed E-state index contributed by atoms with van der Waals surface area (Å²) in [4.78, 5) is 6.63. The summed E-state index contributed by atoms with van der Waals surface area (Å²) in [5.74, 6) is 0.591. The van der Waals surface area contributed by atoms with Crippen molar-refractivity contribution in [2.45, 2.75) is 25.3 Å². The summed E-state index contributed by atoms with van der Waals surface area (Å²) in [6.07, 6.45) is 2.00. The van der Waals surface area contributed by atoms with Gasteiger partial charge in [0.05, 0.1) is 6.20 Å². The van der Waals surface area contributed by atoms with E-state index >= 15 is 0 Å². The van der Waals surface area contributed by atoms with Crippen LogP contribution in [0.4, 0.5) is 0 Å². The summed E-state index contributed by atoms with van der Waals surface area (Å²) in [6.45, 7) is 4.87. The molecular formula is C9H18N4O2S. The minimum Gasteiger partial charge on any atom is -0.332 e. The zero-order valence-corrected chi connectivity index (χ0v) is 10.4. The molecule has 0 aliphatic rings. The summed E-state index contributed by atoms with van der Waals surface area (Å²) in [5, 5.41) is 0.142. The summed E-state index contributed by atoms with van der Waals surface area (Å²) >= 11 is 0. The fourth-order valence-electron chi connectivity index (χ4n) is 1.38. The second-order valence-corrected chi connectivity index (χ2v) is 5.38. The highest BCUT2D eigenvalue weighted by molar-refractivity contribution is 7.89. The number of imidazole rings is 1. The van der Waals surface area contributed by atoms with Crippen LogP contribution in [0.1, 0.15) is 19.2 Å². The van der Waals surface area contributed by atoms with E-state index in [1.54, 1.807) is 13.8 Å². The van der Waals surface area contributed by atoms with E-state index in [0.29, 0.717) is 31.9 Å². The summed E-state index contributed by atoms with van der Waals surface area (Å²) in [5.41, 5.74) is 5.38. The van der Waals surface area contributed by atoms with Crippen LogP contribution in [-0.4, -0.2) is 42.3 Å². The maximum absolute atomic E-state index is 12.1. The number of sulfonamides is 1. The summed E-state index contributed by atoms with van der Waals surface area (Å²) in [7, 11) is -3.44. The lowest BCUT2D eigenvalue weighted by molar-refractivity contribution is 0.421. The van der Waals surface area contributed by atoms with Crippen LogP contribution in [0.25, 0.3) is 0 Å². The smallest absolute Gasteiger partial charge is 0.260 e. The van der Waals surface area contributed by atoms with E-state index in [0.717, 1.165) is 0 Å². The molecular weight excluding hydrogens is 228 g/mol. The highest BCUT2D eigenvalue weighted by Gasteiger charge is 2.24. The molecule has 16 heavy (non-hydrogen) atoms. The van der Waals surface area contributed by atoms with Gasteiger partial charge in [-0.2, -0.15) is 4.31 Å². The summed E-state index contributed by atoms with van der Waals surface area (Å²) < 4.78 is 25.6. The van der Waals surface area contributed by atoms with Crippen molar-refractivity contribution < 1.29 is 8.42 Å². The van der Waals surface area contributed by atoms with Crippen molar-refractivity contribution >= 4 is 10.0 Å². The lowest BCUT2D eigenvalue weighted by Crippen LogP contribution is -2.33. The highest BCUT2D eigenvalue weighted by Crippen LogP contribution is 2.13. The second kappa shape index (κ2) is 5.42. The van der Waals surface area contributed by atoms with Crippen LogP contribution < -0.4 is 5.73 Å². The van der Waals surface area contributed by atoms with Gasteiger partial charge in [-0.05, 0) is 19.9 Å². The van der Waals surface area contributed by atoms with E-state index in [-0.39, 0.29) is 5.03 Å². The van der Waals surface area contributed by atoms with E-state index in [2.05, 4.69) is 9.97 Å². The van der Waals surface area contributed by atoms with Gasteiger partial charge in [-0.25, -0.2) is 13.4 Å². The Morgan fingerprint density at radius 1 is 1.56 bits per heavy atom. The zero-order valence-electron chi connectivity index (χ0n) is 9.60. The minimum absolute atomic E-state index is 0.142. The molecule has 0 aliphatic carbocycles. The van der Waals surface area contributed by atoms with Gasteiger partial charge in [0.15, 0.2) is 5.03 Å². The van der Waals surface area contributed by atoms with Crippen molar-refractivity contribution in [2.75, 3.05) is 19.6 Å². The Kier molecular flexibility index (Phi) is 4.45. The molecule has 6 nitrogen and oxygen atoms in total. The highest BCUT2D eigenvalue weighted by atomic mass is 32.2. The number of nitrogens with one attached hydrogen (secondary N) is 1. The molecule has 0 atom stereocenters. The Balaban J connectivity index is 2.90. The first-order valence-corrected chi connectivity index (χ1v) is 6.68. The number of nitrogens with two attached hydrogens (primary N) is 1. The van der Waals surface area contributed by atoms with Crippen molar-refractivity contribution in [3.05, 3.63) is 12.0 Å². The van der Waals surface area contributed by atoms with E-state index in [9.17, 15) is 8.42 Å². The molecule has 0 bridgehead atoms. The van der Waals surface area contributed by atoms with Crippen molar-refractivity contribution in [3.63, 3.8) is 0 Å². The molecule has 0 unspecified atom stereocenters. The number of aromatic nitrogens is 2. The van der Waals surface area contributed by atoms with Gasteiger partial charge in [-0.15, -0.1) is 0 Å². The van der Waals surface area contributed by atoms with E-state index in [1.807, 2.05) is 0 Å². The van der Waals surface area contributed by atoms with Crippen LogP contribution in [0.2, 0.25) is 0 Å². The molecule has 0 radical (unpaired) electrons. The third-order valence-corrected chi connectivity index (χ3v) is 4.15. The van der Waals surface area contributed by atoms with Gasteiger partial charge in [-0.1, -0.05) is 6.92 Å². The number of aryl methyl sites for hydroxylation is 1. The molecule has 0 aliphatic heterocycles. The van der Waals surface area contributed by atoms with Gasteiger partial charge >= 0.3 is 0 Å². The normalized spacial score (nSPS) is 12.2. The Labute approximate surface area is 95.9 Å². The Morgan fingerprint density at radius 3 is 2.69 bits per heavy atom. The predicted molar refractivity (Wildman–Crippen MR) is 61.4 cm³/mol. The second-order valence-electron chi connectivity index (χ2n) is 3.47. The van der Waals surface area contributed by atoms with E-state index < -0.39 is 10.0 Å². The number of hydrogen-bond donors (Lipinski definition) is 2. The molecule has 1 aromatic rings. The van der Waals surface area contributed by atoms with Gasteiger partial charge in [0.2, 0.25) is 0 Å². The van der Waals surface area contributed by atoms with E-state index in [4.69, 9.17) is 5.73 Å². The van der Waals surface area contributed by atoms with E-state index in [1.165, 1.54) is 10.5 Å².